The number of rotatable bonds is 10. The zero-order chi connectivity index (χ0) is 24.2. The molecule has 180 valence electrons. The lowest BCUT2D eigenvalue weighted by atomic mass is 9.98. The summed E-state index contributed by atoms with van der Waals surface area (Å²) < 4.78 is 17.9. The quantitative estimate of drug-likeness (QED) is 0.371. The molecule has 0 saturated carbocycles. The summed E-state index contributed by atoms with van der Waals surface area (Å²) in [6.07, 6.45) is 2.71. The maximum absolute atomic E-state index is 13.6. The summed E-state index contributed by atoms with van der Waals surface area (Å²) in [7, 11) is 0. The molecular formula is C28H33NO5. The van der Waals surface area contributed by atoms with Crippen molar-refractivity contribution >= 4 is 16.9 Å². The van der Waals surface area contributed by atoms with Crippen molar-refractivity contribution in [1.29, 1.82) is 0 Å². The molecule has 1 unspecified atom stereocenters. The number of hydrogen-bond acceptors (Lipinski definition) is 5. The highest BCUT2D eigenvalue weighted by Gasteiger charge is 2.42. The molecule has 2 aromatic carbocycles. The molecule has 1 aliphatic rings. The second-order valence-corrected chi connectivity index (χ2v) is 9.09. The lowest BCUT2D eigenvalue weighted by Gasteiger charge is -2.26. The summed E-state index contributed by atoms with van der Waals surface area (Å²) in [5.41, 5.74) is 1.48. The van der Waals surface area contributed by atoms with Gasteiger partial charge in [0.05, 0.1) is 30.2 Å². The van der Waals surface area contributed by atoms with Gasteiger partial charge in [0.2, 0.25) is 5.76 Å². The first-order chi connectivity index (χ1) is 16.5. The molecule has 1 amide bonds. The highest BCUT2D eigenvalue weighted by Crippen LogP contribution is 2.41. The molecule has 2 heterocycles. The lowest BCUT2D eigenvalue weighted by molar-refractivity contribution is 0.0725. The van der Waals surface area contributed by atoms with Crippen LogP contribution in [0.15, 0.2) is 51.7 Å². The van der Waals surface area contributed by atoms with Crippen molar-refractivity contribution < 1.29 is 18.7 Å². The van der Waals surface area contributed by atoms with E-state index in [1.54, 1.807) is 23.1 Å². The van der Waals surface area contributed by atoms with Gasteiger partial charge in [0.15, 0.2) is 16.9 Å². The van der Waals surface area contributed by atoms with E-state index in [0.29, 0.717) is 53.7 Å². The van der Waals surface area contributed by atoms with E-state index in [-0.39, 0.29) is 17.1 Å². The Morgan fingerprint density at radius 3 is 2.56 bits per heavy atom. The molecule has 0 fully saturated rings. The van der Waals surface area contributed by atoms with E-state index in [2.05, 4.69) is 20.8 Å². The average molecular weight is 464 g/mol. The molecule has 6 nitrogen and oxygen atoms in total. The van der Waals surface area contributed by atoms with Crippen LogP contribution in [0.4, 0.5) is 0 Å². The molecule has 0 spiro atoms. The van der Waals surface area contributed by atoms with Gasteiger partial charge in [-0.1, -0.05) is 45.4 Å². The second-order valence-electron chi connectivity index (χ2n) is 9.09. The summed E-state index contributed by atoms with van der Waals surface area (Å²) in [6, 6.07) is 12.3. The zero-order valence-electron chi connectivity index (χ0n) is 20.4. The molecular weight excluding hydrogens is 430 g/mol. The number of nitrogens with zero attached hydrogens (tertiary/aromatic N) is 1. The van der Waals surface area contributed by atoms with Crippen LogP contribution >= 0.6 is 0 Å². The number of hydrogen-bond donors (Lipinski definition) is 0. The van der Waals surface area contributed by atoms with E-state index in [4.69, 9.17) is 13.9 Å². The van der Waals surface area contributed by atoms with E-state index in [0.717, 1.165) is 24.8 Å². The van der Waals surface area contributed by atoms with Crippen LogP contribution in [0, 0.1) is 5.92 Å². The summed E-state index contributed by atoms with van der Waals surface area (Å²) >= 11 is 0. The SMILES string of the molecule is CCCCN1C(=O)c2oc3ccccc3c(=O)c2C1c1ccc(OCCC(C)C)c(OCC)c1. The lowest BCUT2D eigenvalue weighted by Crippen LogP contribution is -2.30. The van der Waals surface area contributed by atoms with E-state index < -0.39 is 6.04 Å². The molecule has 0 aliphatic carbocycles. The Morgan fingerprint density at radius 2 is 1.82 bits per heavy atom. The number of ether oxygens (including phenoxy) is 2. The topological polar surface area (TPSA) is 69.0 Å². The Hall–Kier alpha value is -3.28. The second kappa shape index (κ2) is 10.3. The van der Waals surface area contributed by atoms with Crippen LogP contribution in [0.25, 0.3) is 11.0 Å². The minimum absolute atomic E-state index is 0.139. The molecule has 1 aliphatic heterocycles. The van der Waals surface area contributed by atoms with E-state index >= 15 is 0 Å². The summed E-state index contributed by atoms with van der Waals surface area (Å²) in [4.78, 5) is 28.7. The van der Waals surface area contributed by atoms with Crippen molar-refractivity contribution in [3.8, 4) is 11.5 Å². The van der Waals surface area contributed by atoms with Crippen molar-refractivity contribution in [3.63, 3.8) is 0 Å². The van der Waals surface area contributed by atoms with E-state index in [9.17, 15) is 9.59 Å². The fourth-order valence-electron chi connectivity index (χ4n) is 4.36. The van der Waals surface area contributed by atoms with Gasteiger partial charge in [0.25, 0.3) is 5.91 Å². The molecule has 1 aromatic heterocycles. The van der Waals surface area contributed by atoms with Gasteiger partial charge in [-0.3, -0.25) is 9.59 Å². The van der Waals surface area contributed by atoms with Gasteiger partial charge < -0.3 is 18.8 Å². The predicted octanol–water partition coefficient (Wildman–Crippen LogP) is 5.96. The first kappa shape index (κ1) is 23.9. The Balaban J connectivity index is 1.81. The normalized spacial score (nSPS) is 15.3. The first-order valence-corrected chi connectivity index (χ1v) is 12.2. The monoisotopic (exact) mass is 463 g/mol. The predicted molar refractivity (Wildman–Crippen MR) is 133 cm³/mol. The number of fused-ring (bicyclic) bond motifs is 2. The smallest absolute Gasteiger partial charge is 0.290 e. The maximum atomic E-state index is 13.6. The van der Waals surface area contributed by atoms with Crippen molar-refractivity contribution in [1.82, 2.24) is 4.90 Å². The molecule has 6 heteroatoms. The van der Waals surface area contributed by atoms with Crippen molar-refractivity contribution in [2.75, 3.05) is 19.8 Å². The number of benzene rings is 2. The van der Waals surface area contributed by atoms with Crippen molar-refractivity contribution in [2.24, 2.45) is 5.92 Å². The summed E-state index contributed by atoms with van der Waals surface area (Å²) in [5, 5.41) is 0.482. The minimum atomic E-state index is -0.529. The molecule has 1 atom stereocenters. The average Bonchev–Trinajstić information content (AvgIpc) is 3.10. The largest absolute Gasteiger partial charge is 0.490 e. The highest BCUT2D eigenvalue weighted by molar-refractivity contribution is 5.99. The van der Waals surface area contributed by atoms with Gasteiger partial charge in [-0.15, -0.1) is 0 Å². The number of unbranched alkanes of at least 4 members (excludes halogenated alkanes) is 1. The van der Waals surface area contributed by atoms with Crippen LogP contribution in [0.3, 0.4) is 0 Å². The molecule has 0 radical (unpaired) electrons. The third-order valence-corrected chi connectivity index (χ3v) is 6.16. The highest BCUT2D eigenvalue weighted by atomic mass is 16.5. The fourth-order valence-corrected chi connectivity index (χ4v) is 4.36. The molecule has 0 N–H and O–H groups in total. The minimum Gasteiger partial charge on any atom is -0.490 e. The Morgan fingerprint density at radius 1 is 1.03 bits per heavy atom. The van der Waals surface area contributed by atoms with Gasteiger partial charge in [-0.2, -0.15) is 0 Å². The Kier molecular flexibility index (Phi) is 7.25. The Bertz CT molecular complexity index is 1230. The fraction of sp³-hybridized carbons (Fsp3) is 0.429. The van der Waals surface area contributed by atoms with Crippen LogP contribution in [0.5, 0.6) is 11.5 Å². The summed E-state index contributed by atoms with van der Waals surface area (Å²) in [5.74, 6) is 1.72. The van der Waals surface area contributed by atoms with Gasteiger partial charge in [0.1, 0.15) is 5.58 Å². The number of carbonyl (C=O) groups is 1. The van der Waals surface area contributed by atoms with Gasteiger partial charge in [-0.25, -0.2) is 0 Å². The van der Waals surface area contributed by atoms with Gasteiger partial charge >= 0.3 is 0 Å². The molecule has 0 bridgehead atoms. The van der Waals surface area contributed by atoms with Crippen LogP contribution in [0.2, 0.25) is 0 Å². The standard InChI is InChI=1S/C28H33NO5/c1-5-7-15-29-25(19-12-13-22(23(17-19)32-6-2)33-16-14-18(3)4)24-26(30)20-10-8-9-11-21(20)34-27(24)28(29)31/h8-13,17-18,25H,5-7,14-16H2,1-4H3. The van der Waals surface area contributed by atoms with Gasteiger partial charge in [0, 0.05) is 6.54 Å². The molecule has 3 aromatic rings. The van der Waals surface area contributed by atoms with Crippen LogP contribution in [-0.4, -0.2) is 30.6 Å². The van der Waals surface area contributed by atoms with Gasteiger partial charge in [-0.05, 0) is 55.5 Å². The van der Waals surface area contributed by atoms with Crippen LogP contribution in [0.1, 0.15) is 74.7 Å². The summed E-state index contributed by atoms with van der Waals surface area (Å²) in [6.45, 7) is 9.94. The number of amides is 1. The van der Waals surface area contributed by atoms with E-state index in [1.165, 1.54) is 0 Å². The van der Waals surface area contributed by atoms with Crippen molar-refractivity contribution in [3.05, 3.63) is 69.6 Å². The molecule has 34 heavy (non-hydrogen) atoms. The maximum Gasteiger partial charge on any atom is 0.290 e. The third kappa shape index (κ3) is 4.54. The zero-order valence-corrected chi connectivity index (χ0v) is 20.4. The molecule has 4 rings (SSSR count). The van der Waals surface area contributed by atoms with Crippen LogP contribution < -0.4 is 14.9 Å². The number of para-hydroxylation sites is 1. The van der Waals surface area contributed by atoms with Crippen LogP contribution in [-0.2, 0) is 0 Å². The third-order valence-electron chi connectivity index (χ3n) is 6.16. The van der Waals surface area contributed by atoms with E-state index in [1.807, 2.05) is 31.2 Å². The van der Waals surface area contributed by atoms with Crippen molar-refractivity contribution in [2.45, 2.75) is 53.0 Å². The number of carbonyl (C=O) groups excluding carboxylic acids is 1. The molecule has 0 saturated heterocycles. The Labute approximate surface area is 200 Å². The first-order valence-electron chi connectivity index (χ1n) is 12.2.